The van der Waals surface area contributed by atoms with Crippen LogP contribution in [0.25, 0.3) is 0 Å². The summed E-state index contributed by atoms with van der Waals surface area (Å²) in [6.45, 7) is 11.6. The molecular weight excluding hydrogens is 280 g/mol. The molecule has 0 aromatic carbocycles. The summed E-state index contributed by atoms with van der Waals surface area (Å²) in [5, 5.41) is 6.69. The highest BCUT2D eigenvalue weighted by Gasteiger charge is 2.17. The van der Waals surface area contributed by atoms with Crippen LogP contribution in [0.15, 0.2) is 0 Å². The standard InChI is InChI=1S/C15H28N6O/c1-5-11(3)16-13-18-14(17-12(4)6-2)20-15(19-13)21-7-9-22-10-8-21/h11-12H,5-10H2,1-4H3,(H2,16,17,18,19,20)/t11-,12-/m1/s1. The van der Waals surface area contributed by atoms with Crippen molar-refractivity contribution in [3.63, 3.8) is 0 Å². The average molecular weight is 308 g/mol. The van der Waals surface area contributed by atoms with Gasteiger partial charge in [0.25, 0.3) is 0 Å². The van der Waals surface area contributed by atoms with E-state index in [0.29, 0.717) is 37.2 Å². The van der Waals surface area contributed by atoms with Gasteiger partial charge in [0.05, 0.1) is 13.2 Å². The second-order valence-corrected chi connectivity index (χ2v) is 5.79. The lowest BCUT2D eigenvalue weighted by atomic mass is 10.3. The Bertz CT molecular complexity index is 433. The van der Waals surface area contributed by atoms with Crippen molar-refractivity contribution in [2.45, 2.75) is 52.6 Å². The molecule has 1 aromatic heterocycles. The van der Waals surface area contributed by atoms with Crippen LogP contribution in [0, 0.1) is 0 Å². The molecule has 2 N–H and O–H groups in total. The Kier molecular flexibility index (Phi) is 6.18. The second-order valence-electron chi connectivity index (χ2n) is 5.79. The van der Waals surface area contributed by atoms with Crippen LogP contribution in [0.2, 0.25) is 0 Å². The highest BCUT2D eigenvalue weighted by atomic mass is 16.5. The van der Waals surface area contributed by atoms with Crippen LogP contribution >= 0.6 is 0 Å². The number of hydrogen-bond donors (Lipinski definition) is 2. The monoisotopic (exact) mass is 308 g/mol. The normalized spacial score (nSPS) is 17.9. The van der Waals surface area contributed by atoms with E-state index in [9.17, 15) is 0 Å². The molecule has 0 spiro atoms. The van der Waals surface area contributed by atoms with Crippen LogP contribution in [-0.4, -0.2) is 53.3 Å². The van der Waals surface area contributed by atoms with Crippen molar-refractivity contribution in [3.8, 4) is 0 Å². The third-order valence-corrected chi connectivity index (χ3v) is 3.89. The molecule has 0 radical (unpaired) electrons. The smallest absolute Gasteiger partial charge is 0.232 e. The maximum atomic E-state index is 5.40. The summed E-state index contributed by atoms with van der Waals surface area (Å²) < 4.78 is 5.40. The third-order valence-electron chi connectivity index (χ3n) is 3.89. The van der Waals surface area contributed by atoms with Gasteiger partial charge in [-0.1, -0.05) is 13.8 Å². The van der Waals surface area contributed by atoms with Gasteiger partial charge in [0.1, 0.15) is 0 Å². The topological polar surface area (TPSA) is 75.2 Å². The number of aromatic nitrogens is 3. The number of morpholine rings is 1. The fraction of sp³-hybridized carbons (Fsp3) is 0.800. The lowest BCUT2D eigenvalue weighted by Gasteiger charge is -2.27. The first kappa shape index (κ1) is 16.7. The SMILES string of the molecule is CC[C@@H](C)Nc1nc(N[C@H](C)CC)nc(N2CCOCC2)n1. The van der Waals surface area contributed by atoms with Gasteiger partial charge in [-0.05, 0) is 26.7 Å². The van der Waals surface area contributed by atoms with Gasteiger partial charge in [0.15, 0.2) is 0 Å². The fourth-order valence-electron chi connectivity index (χ4n) is 2.04. The zero-order valence-corrected chi connectivity index (χ0v) is 14.1. The van der Waals surface area contributed by atoms with Gasteiger partial charge in [-0.3, -0.25) is 0 Å². The molecule has 0 saturated carbocycles. The van der Waals surface area contributed by atoms with E-state index in [2.05, 4.69) is 58.2 Å². The van der Waals surface area contributed by atoms with E-state index in [1.807, 2.05) is 0 Å². The minimum absolute atomic E-state index is 0.330. The molecule has 0 bridgehead atoms. The predicted octanol–water partition coefficient (Wildman–Crippen LogP) is 2.13. The maximum absolute atomic E-state index is 5.40. The van der Waals surface area contributed by atoms with Crippen molar-refractivity contribution in [1.29, 1.82) is 0 Å². The van der Waals surface area contributed by atoms with E-state index in [0.717, 1.165) is 31.9 Å². The maximum Gasteiger partial charge on any atom is 0.232 e. The van der Waals surface area contributed by atoms with Crippen LogP contribution in [0.4, 0.5) is 17.8 Å². The largest absolute Gasteiger partial charge is 0.378 e. The van der Waals surface area contributed by atoms with Gasteiger partial charge >= 0.3 is 0 Å². The first-order chi connectivity index (χ1) is 10.6. The first-order valence-electron chi connectivity index (χ1n) is 8.24. The molecule has 1 saturated heterocycles. The van der Waals surface area contributed by atoms with Crippen LogP contribution in [0.5, 0.6) is 0 Å². The summed E-state index contributed by atoms with van der Waals surface area (Å²) in [6.07, 6.45) is 2.04. The number of anilines is 3. The molecule has 2 heterocycles. The summed E-state index contributed by atoms with van der Waals surface area (Å²) in [5.74, 6) is 1.99. The number of ether oxygens (including phenoxy) is 1. The average Bonchev–Trinajstić information content (AvgIpc) is 2.55. The summed E-state index contributed by atoms with van der Waals surface area (Å²) in [5.41, 5.74) is 0. The molecule has 1 aliphatic rings. The Labute approximate surface area is 132 Å². The quantitative estimate of drug-likeness (QED) is 0.799. The predicted molar refractivity (Wildman–Crippen MR) is 89.6 cm³/mol. The van der Waals surface area contributed by atoms with Crippen molar-refractivity contribution in [2.75, 3.05) is 41.8 Å². The summed E-state index contributed by atoms with van der Waals surface area (Å²) in [6, 6.07) is 0.660. The minimum Gasteiger partial charge on any atom is -0.378 e. The number of nitrogens with zero attached hydrogens (tertiary/aromatic N) is 4. The molecule has 2 atom stereocenters. The third kappa shape index (κ3) is 4.69. The van der Waals surface area contributed by atoms with Gasteiger partial charge in [-0.2, -0.15) is 15.0 Å². The Morgan fingerprint density at radius 1 is 0.955 bits per heavy atom. The lowest BCUT2D eigenvalue weighted by molar-refractivity contribution is 0.122. The lowest BCUT2D eigenvalue weighted by Crippen LogP contribution is -2.37. The molecule has 22 heavy (non-hydrogen) atoms. The number of hydrogen-bond acceptors (Lipinski definition) is 7. The van der Waals surface area contributed by atoms with Crippen molar-refractivity contribution >= 4 is 17.8 Å². The van der Waals surface area contributed by atoms with Crippen LogP contribution < -0.4 is 15.5 Å². The second kappa shape index (κ2) is 8.12. The molecule has 1 aromatic rings. The fourth-order valence-corrected chi connectivity index (χ4v) is 2.04. The van der Waals surface area contributed by atoms with E-state index in [1.165, 1.54) is 0 Å². The van der Waals surface area contributed by atoms with Crippen molar-refractivity contribution < 1.29 is 4.74 Å². The van der Waals surface area contributed by atoms with E-state index in [-0.39, 0.29) is 0 Å². The zero-order valence-electron chi connectivity index (χ0n) is 14.1. The van der Waals surface area contributed by atoms with Gasteiger partial charge in [-0.25, -0.2) is 0 Å². The summed E-state index contributed by atoms with van der Waals surface area (Å²) in [4.78, 5) is 15.8. The zero-order chi connectivity index (χ0) is 15.9. The molecule has 1 aliphatic heterocycles. The molecule has 7 nitrogen and oxygen atoms in total. The molecule has 2 rings (SSSR count). The number of rotatable bonds is 7. The van der Waals surface area contributed by atoms with E-state index >= 15 is 0 Å². The Morgan fingerprint density at radius 2 is 1.45 bits per heavy atom. The molecular formula is C15H28N6O. The molecule has 0 aliphatic carbocycles. The molecule has 0 unspecified atom stereocenters. The highest BCUT2D eigenvalue weighted by molar-refractivity contribution is 5.44. The molecule has 124 valence electrons. The van der Waals surface area contributed by atoms with Gasteiger partial charge in [-0.15, -0.1) is 0 Å². The number of nitrogens with one attached hydrogen (secondary N) is 2. The van der Waals surface area contributed by atoms with Gasteiger partial charge < -0.3 is 20.3 Å². The van der Waals surface area contributed by atoms with E-state index in [1.54, 1.807) is 0 Å². The van der Waals surface area contributed by atoms with Gasteiger partial charge in [0.2, 0.25) is 17.8 Å². The Balaban J connectivity index is 2.22. The van der Waals surface area contributed by atoms with Crippen molar-refractivity contribution in [1.82, 2.24) is 15.0 Å². The van der Waals surface area contributed by atoms with Gasteiger partial charge in [0, 0.05) is 25.2 Å². The van der Waals surface area contributed by atoms with E-state index < -0.39 is 0 Å². The molecule has 7 heteroatoms. The molecule has 0 amide bonds. The molecule has 1 fully saturated rings. The summed E-state index contributed by atoms with van der Waals surface area (Å²) in [7, 11) is 0. The minimum atomic E-state index is 0.330. The van der Waals surface area contributed by atoms with Crippen molar-refractivity contribution in [3.05, 3.63) is 0 Å². The Hall–Kier alpha value is -1.63. The van der Waals surface area contributed by atoms with Crippen molar-refractivity contribution in [2.24, 2.45) is 0 Å². The van der Waals surface area contributed by atoms with E-state index in [4.69, 9.17) is 4.74 Å². The van der Waals surface area contributed by atoms with Crippen LogP contribution in [0.1, 0.15) is 40.5 Å². The Morgan fingerprint density at radius 3 is 1.91 bits per heavy atom. The van der Waals surface area contributed by atoms with Crippen LogP contribution in [0.3, 0.4) is 0 Å². The highest BCUT2D eigenvalue weighted by Crippen LogP contribution is 2.16. The first-order valence-corrected chi connectivity index (χ1v) is 8.24. The summed E-state index contributed by atoms with van der Waals surface area (Å²) >= 11 is 0. The van der Waals surface area contributed by atoms with Crippen LogP contribution in [-0.2, 0) is 4.74 Å².